The number of nitrogens with one attached hydrogen (secondary N) is 1. The third kappa shape index (κ3) is 36.1. The first-order valence-electron chi connectivity index (χ1n) is 35.5. The molecule has 12 aromatic rings. The van der Waals surface area contributed by atoms with Crippen LogP contribution in [-0.4, -0.2) is 181 Å². The van der Waals surface area contributed by atoms with Gasteiger partial charge in [0.15, 0.2) is 43.7 Å². The fourth-order valence-corrected chi connectivity index (χ4v) is 11.6. The van der Waals surface area contributed by atoms with Crippen molar-refractivity contribution in [2.24, 2.45) is 11.5 Å². The summed E-state index contributed by atoms with van der Waals surface area (Å²) in [5.74, 6) is 0.435. The number of hydrogen-bond donors (Lipinski definition) is 4. The van der Waals surface area contributed by atoms with Gasteiger partial charge in [0.05, 0.1) is 49.6 Å². The zero-order valence-electron chi connectivity index (χ0n) is 69.8. The van der Waals surface area contributed by atoms with Crippen LogP contribution >= 0.6 is 104 Å². The number of nitro groups is 1. The topological polar surface area (TPSA) is 330 Å². The number of nitrogens with zero attached hydrogens (tertiary/aromatic N) is 16. The molecule has 0 aliphatic carbocycles. The van der Waals surface area contributed by atoms with Crippen LogP contribution in [0.25, 0.3) is 65.8 Å². The SMILES string of the molecule is C=C(N)N.CC(=O)Cl.CC(=O)c1cn(C(C)C)c2c(Cl)nccc12.CC(C)I.CC(C)n1cc(-c2ccnc(N)n2)c2ccnc(Cl)c21.CC(C)n1cc(C(=O)/C=C/N(C)C)c2ccnc(Cl)c21.CC(C)n1ccc2ccnc(Cl)c21.CN(C)C(OC(C)(C)C)N(C)C.Clc1nccc2cc[nH]c12.O=[N+]([O-])c1cccnc1Cl.[Br-].[CH-]=C.[Mg+2]. The van der Waals surface area contributed by atoms with E-state index >= 15 is 0 Å². The molecule has 0 aliphatic rings. The molecule has 0 aliphatic heterocycles. The normalized spacial score (nSPS) is 10.6. The summed E-state index contributed by atoms with van der Waals surface area (Å²) >= 11 is 42.6. The Morgan fingerprint density at radius 3 is 1.38 bits per heavy atom. The molecule has 26 nitrogen and oxygen atoms in total. The van der Waals surface area contributed by atoms with Crippen molar-refractivity contribution in [3.8, 4) is 11.3 Å². The number of ketones is 2. The van der Waals surface area contributed by atoms with E-state index in [0.717, 1.165) is 69.7 Å². The molecule has 0 saturated heterocycles. The van der Waals surface area contributed by atoms with E-state index in [4.69, 9.17) is 91.5 Å². The standard InChI is InChI=1S/C15H18ClN3O.C14H14ClN5.C12H13ClN2O.C10H11ClN2.C9H22N2O.C7H5ClN2.C5H3ClN2O2.C3H7I.C2H3ClO.C2H6N2.C2H3.BrH.Mg/c1-10(2)19-9-12(13(20)6-8-18(3)4)11-5-7-17-15(16)14(11)19;1-8(2)20-7-10(11-4-6-18-14(16)19-11)9-3-5-17-13(15)12(9)20;1-7(2)15-6-10(8(3)16)9-4-5-14-12(13)11(9)15;1-7(2)13-6-4-8-3-5-12-10(11)9(8)13;1-9(2,3)12-8(10(4)5)11(6)7;8-7-6-5(1-3-9-6)2-4-10-7;6-5-4(8(9)10)2-1-3-7-5;1-3(2)4;2*1-2(3)4;1-2;;/h5-10H,1-4H3;3-8H,1-2H3,(H2,16,18,19);4-7H,1-3H3;3-7H,1-2H3;8H,1-7H3;1-4,9H;1-3H;3H,1-2H3;1H3;1,3-4H2;1H,2H2;1H;/q;;;;;;;;;;-1;;+2/p-1/b8-6+;;;;;;;;;;;;. The van der Waals surface area contributed by atoms with Crippen LogP contribution in [-0.2, 0) is 9.53 Å². The van der Waals surface area contributed by atoms with E-state index in [-0.39, 0.29) is 110 Å². The Morgan fingerprint density at radius 2 is 0.991 bits per heavy atom. The number of hydrogen-bond acceptors (Lipinski definition) is 20. The van der Waals surface area contributed by atoms with Gasteiger partial charge in [0, 0.05) is 185 Å². The second-order valence-corrected chi connectivity index (χ2v) is 32.8. The molecule has 12 rings (SSSR count). The molecule has 12 heterocycles. The zero-order valence-corrected chi connectivity index (χ0v) is 80.2. The van der Waals surface area contributed by atoms with Crippen molar-refractivity contribution in [2.45, 2.75) is 144 Å². The van der Waals surface area contributed by atoms with E-state index in [0.29, 0.717) is 42.9 Å². The molecule has 0 spiro atoms. The summed E-state index contributed by atoms with van der Waals surface area (Å²) in [5.41, 5.74) is 22.4. The van der Waals surface area contributed by atoms with Gasteiger partial charge in [0.2, 0.25) is 16.3 Å². The fraction of sp³-hybridized carbons (Fsp3) is 0.346. The number of halogens is 9. The Labute approximate surface area is 761 Å². The smallest absolute Gasteiger partial charge is 1.00 e. The number of rotatable bonds is 13. The molecule has 0 bridgehead atoms. The Bertz CT molecular complexity index is 5110. The molecular formula is C81H105BrCl7IMgN20O6. The minimum absolute atomic E-state index is 0. The maximum Gasteiger partial charge on any atom is 2.00 e. The number of fused-ring (bicyclic) bond motifs is 5. The summed E-state index contributed by atoms with van der Waals surface area (Å²) in [6.07, 6.45) is 24.4. The summed E-state index contributed by atoms with van der Waals surface area (Å²) in [5, 5.41) is 17.1. The summed E-state index contributed by atoms with van der Waals surface area (Å²) in [6.45, 7) is 40.1. The van der Waals surface area contributed by atoms with Gasteiger partial charge < -0.3 is 73.7 Å². The van der Waals surface area contributed by atoms with Gasteiger partial charge in [0.1, 0.15) is 0 Å². The van der Waals surface area contributed by atoms with Gasteiger partial charge in [-0.2, -0.15) is 0 Å². The Hall–Kier alpha value is -7.60. The molecule has 0 amide bonds. The van der Waals surface area contributed by atoms with Crippen molar-refractivity contribution >= 4 is 210 Å². The van der Waals surface area contributed by atoms with Crippen molar-refractivity contribution in [1.29, 1.82) is 0 Å². The number of carbonyl (C=O) groups excluding carboxylic acids is 3. The molecule has 630 valence electrons. The number of ether oxygens (including phenoxy) is 1. The van der Waals surface area contributed by atoms with E-state index in [2.05, 4.69) is 176 Å². The number of nitrogen functional groups attached to an aromatic ring is 1. The van der Waals surface area contributed by atoms with Gasteiger partial charge in [-0.25, -0.2) is 39.9 Å². The number of nitrogens with two attached hydrogens (primary N) is 3. The summed E-state index contributed by atoms with van der Waals surface area (Å²) in [6, 6.07) is 19.2. The van der Waals surface area contributed by atoms with Crippen LogP contribution in [0.15, 0.2) is 166 Å². The minimum atomic E-state index is -0.574. The largest absolute Gasteiger partial charge is 2.00 e. The number of H-pyrrole nitrogens is 1. The summed E-state index contributed by atoms with van der Waals surface area (Å²) in [7, 11) is 11.8. The molecule has 0 atom stereocenters. The van der Waals surface area contributed by atoms with Crippen LogP contribution in [0, 0.1) is 16.7 Å². The average Bonchev–Trinajstić information content (AvgIpc) is 1.64. The van der Waals surface area contributed by atoms with E-state index in [1.165, 1.54) is 25.3 Å². The molecule has 0 saturated carbocycles. The van der Waals surface area contributed by atoms with E-state index in [1.807, 2.05) is 167 Å². The fourth-order valence-electron chi connectivity index (χ4n) is 10.2. The Morgan fingerprint density at radius 1 is 0.598 bits per heavy atom. The quantitative estimate of drug-likeness (QED) is 0.00712. The number of alkyl halides is 1. The summed E-state index contributed by atoms with van der Waals surface area (Å²) < 4.78 is 14.8. The first kappa shape index (κ1) is 109. The number of aromatic amines is 1. The predicted octanol–water partition coefficient (Wildman–Crippen LogP) is 17.9. The number of allylic oxidation sites excluding steroid dienone is 1. The molecule has 0 radical (unpaired) electrons. The van der Waals surface area contributed by atoms with Crippen molar-refractivity contribution in [3.05, 3.63) is 225 Å². The average molecular weight is 1930 g/mol. The molecule has 7 N–H and O–H groups in total. The number of anilines is 1. The molecule has 0 fully saturated rings. The van der Waals surface area contributed by atoms with Gasteiger partial charge in [-0.3, -0.25) is 40.9 Å². The predicted molar refractivity (Wildman–Crippen MR) is 491 cm³/mol. The van der Waals surface area contributed by atoms with E-state index in [9.17, 15) is 24.5 Å². The van der Waals surface area contributed by atoms with Gasteiger partial charge >= 0.3 is 28.7 Å². The molecular weight excluding hydrogens is 1830 g/mol. The van der Waals surface area contributed by atoms with Gasteiger partial charge in [0.25, 0.3) is 0 Å². The maximum absolute atomic E-state index is 12.3. The first-order chi connectivity index (χ1) is 53.7. The van der Waals surface area contributed by atoms with Crippen LogP contribution in [0.5, 0.6) is 0 Å². The molecule has 36 heteroatoms. The van der Waals surface area contributed by atoms with Crippen molar-refractivity contribution < 1.29 is 41.0 Å². The third-order valence-corrected chi connectivity index (χ3v) is 16.4. The number of aromatic nitrogens is 13. The van der Waals surface area contributed by atoms with Gasteiger partial charge in [-0.05, 0) is 177 Å². The molecule has 12 aromatic heterocycles. The molecule has 0 unspecified atom stereocenters. The molecule has 0 aromatic carbocycles. The van der Waals surface area contributed by atoms with Crippen LogP contribution in [0.3, 0.4) is 0 Å². The van der Waals surface area contributed by atoms with Crippen LogP contribution in [0.1, 0.15) is 149 Å². The third-order valence-electron chi connectivity index (χ3n) is 14.7. The van der Waals surface area contributed by atoms with Gasteiger partial charge in [-0.15, -0.1) is 0 Å². The second-order valence-electron chi connectivity index (χ2n) is 27.6. The van der Waals surface area contributed by atoms with Crippen LogP contribution in [0.4, 0.5) is 11.6 Å². The monoisotopic (exact) mass is 1930 g/mol. The van der Waals surface area contributed by atoms with Gasteiger partial charge in [-0.1, -0.05) is 113 Å². The maximum atomic E-state index is 12.3. The van der Waals surface area contributed by atoms with E-state index < -0.39 is 4.92 Å². The van der Waals surface area contributed by atoms with Crippen LogP contribution < -0.4 is 34.2 Å². The Balaban J connectivity index is 0.00000132. The molecule has 117 heavy (non-hydrogen) atoms. The summed E-state index contributed by atoms with van der Waals surface area (Å²) in [4.78, 5) is 83.5. The first-order valence-corrected chi connectivity index (χ1v) is 39.4. The van der Waals surface area contributed by atoms with Crippen LogP contribution in [0.2, 0.25) is 30.9 Å². The van der Waals surface area contributed by atoms with Crippen molar-refractivity contribution in [2.75, 3.05) is 48.0 Å². The minimum Gasteiger partial charge on any atom is -1.00 e. The van der Waals surface area contributed by atoms with Crippen molar-refractivity contribution in [1.82, 2.24) is 77.8 Å². The second kappa shape index (κ2) is 53.8. The number of pyridine rings is 6. The van der Waals surface area contributed by atoms with E-state index in [1.54, 1.807) is 56.4 Å². The zero-order chi connectivity index (χ0) is 87.6. The van der Waals surface area contributed by atoms with Crippen molar-refractivity contribution in [3.63, 3.8) is 0 Å². The number of Topliss-reactive ketones (excluding diaryl/α,β-unsaturated/α-hetero) is 1. The number of carbonyl (C=O) groups is 3. The Kier molecular flexibility index (Phi) is 50.3.